The predicted octanol–water partition coefficient (Wildman–Crippen LogP) is 2.37. The molecule has 0 radical (unpaired) electrons. The normalized spacial score (nSPS) is 11.2. The molecule has 5 nitrogen and oxygen atoms in total. The Hall–Kier alpha value is -2.14. The number of hydrogen-bond donors (Lipinski definition) is 1. The van der Waals surface area contributed by atoms with E-state index in [9.17, 15) is 0 Å². The van der Waals surface area contributed by atoms with E-state index in [4.69, 9.17) is 14.6 Å². The average molecular weight is 243 g/mol. The number of nitrogens with two attached hydrogens (primary N) is 1. The Labute approximate surface area is 104 Å². The van der Waals surface area contributed by atoms with Crippen molar-refractivity contribution in [1.29, 1.82) is 0 Å². The van der Waals surface area contributed by atoms with Crippen LogP contribution in [-0.4, -0.2) is 16.7 Å². The molecule has 0 bridgehead atoms. The molecule has 0 spiro atoms. The van der Waals surface area contributed by atoms with E-state index in [0.717, 1.165) is 23.0 Å². The van der Waals surface area contributed by atoms with Gasteiger partial charge in [-0.1, -0.05) is 18.2 Å². The Bertz CT molecular complexity index is 657. The highest BCUT2D eigenvalue weighted by molar-refractivity contribution is 5.91. The van der Waals surface area contributed by atoms with Crippen molar-refractivity contribution >= 4 is 11.0 Å². The van der Waals surface area contributed by atoms with E-state index in [1.54, 1.807) is 6.26 Å². The van der Waals surface area contributed by atoms with Crippen molar-refractivity contribution in [3.05, 3.63) is 36.4 Å². The molecule has 0 amide bonds. The van der Waals surface area contributed by atoms with Gasteiger partial charge in [0.1, 0.15) is 11.8 Å². The molecule has 0 fully saturated rings. The molecule has 3 aromatic rings. The molecule has 0 atom stereocenters. The molecule has 92 valence electrons. The standard InChI is InChI=1S/C13H13N3O2/c14-7-3-6-12-15-16-13(18-12)10-8-17-11-5-2-1-4-9(10)11/h1-2,4-5,8H,3,6-7,14H2. The lowest BCUT2D eigenvalue weighted by Gasteiger charge is -1.91. The second-order valence-electron chi connectivity index (χ2n) is 4.04. The fourth-order valence-corrected chi connectivity index (χ4v) is 1.86. The molecule has 0 unspecified atom stereocenters. The highest BCUT2D eigenvalue weighted by Crippen LogP contribution is 2.29. The molecule has 18 heavy (non-hydrogen) atoms. The van der Waals surface area contributed by atoms with Gasteiger partial charge in [-0.05, 0) is 19.0 Å². The van der Waals surface area contributed by atoms with Gasteiger partial charge in [0, 0.05) is 11.8 Å². The Morgan fingerprint density at radius 3 is 2.94 bits per heavy atom. The first kappa shape index (κ1) is 11.0. The van der Waals surface area contributed by atoms with Crippen molar-refractivity contribution in [3.63, 3.8) is 0 Å². The summed E-state index contributed by atoms with van der Waals surface area (Å²) in [5.41, 5.74) is 7.09. The van der Waals surface area contributed by atoms with Crippen LogP contribution < -0.4 is 5.73 Å². The van der Waals surface area contributed by atoms with Crippen LogP contribution in [0.1, 0.15) is 12.3 Å². The molecular formula is C13H13N3O2. The third-order valence-electron chi connectivity index (χ3n) is 2.77. The van der Waals surface area contributed by atoms with E-state index in [1.165, 1.54) is 0 Å². The molecule has 1 aromatic carbocycles. The summed E-state index contributed by atoms with van der Waals surface area (Å²) in [5.74, 6) is 1.10. The van der Waals surface area contributed by atoms with Crippen LogP contribution in [0.4, 0.5) is 0 Å². The fraction of sp³-hybridized carbons (Fsp3) is 0.231. The quantitative estimate of drug-likeness (QED) is 0.761. The Balaban J connectivity index is 1.96. The number of nitrogens with zero attached hydrogens (tertiary/aromatic N) is 2. The van der Waals surface area contributed by atoms with Gasteiger partial charge in [0.25, 0.3) is 5.89 Å². The molecule has 2 heterocycles. The number of benzene rings is 1. The summed E-state index contributed by atoms with van der Waals surface area (Å²) in [7, 11) is 0. The third kappa shape index (κ3) is 1.89. The molecule has 3 rings (SSSR count). The van der Waals surface area contributed by atoms with Gasteiger partial charge in [-0.2, -0.15) is 0 Å². The van der Waals surface area contributed by atoms with Crippen LogP contribution in [-0.2, 0) is 6.42 Å². The molecule has 2 aromatic heterocycles. The first-order valence-electron chi connectivity index (χ1n) is 5.87. The van der Waals surface area contributed by atoms with E-state index in [-0.39, 0.29) is 0 Å². The summed E-state index contributed by atoms with van der Waals surface area (Å²) in [5, 5.41) is 9.03. The van der Waals surface area contributed by atoms with Crippen molar-refractivity contribution in [2.45, 2.75) is 12.8 Å². The Morgan fingerprint density at radius 1 is 1.17 bits per heavy atom. The van der Waals surface area contributed by atoms with Crippen LogP contribution in [0.2, 0.25) is 0 Å². The second kappa shape index (κ2) is 4.62. The number of hydrogen-bond acceptors (Lipinski definition) is 5. The summed E-state index contributed by atoms with van der Waals surface area (Å²) in [6.07, 6.45) is 3.19. The molecule has 5 heteroatoms. The summed E-state index contributed by atoms with van der Waals surface area (Å²) in [6, 6.07) is 7.76. The number of fused-ring (bicyclic) bond motifs is 1. The minimum atomic E-state index is 0.493. The van der Waals surface area contributed by atoms with E-state index >= 15 is 0 Å². The number of aromatic nitrogens is 2. The highest BCUT2D eigenvalue weighted by Gasteiger charge is 2.13. The van der Waals surface area contributed by atoms with Gasteiger partial charge < -0.3 is 14.6 Å². The smallest absolute Gasteiger partial charge is 0.251 e. The Kier molecular flexibility index (Phi) is 2.82. The topological polar surface area (TPSA) is 78.1 Å². The minimum Gasteiger partial charge on any atom is -0.463 e. The highest BCUT2D eigenvalue weighted by atomic mass is 16.4. The van der Waals surface area contributed by atoms with Gasteiger partial charge >= 0.3 is 0 Å². The molecule has 0 aliphatic heterocycles. The van der Waals surface area contributed by atoms with Gasteiger partial charge in [0.2, 0.25) is 5.89 Å². The maximum atomic E-state index is 5.60. The number of para-hydroxylation sites is 1. The molecule has 0 saturated carbocycles. The van der Waals surface area contributed by atoms with Crippen LogP contribution in [0.5, 0.6) is 0 Å². The zero-order valence-corrected chi connectivity index (χ0v) is 9.80. The van der Waals surface area contributed by atoms with Crippen LogP contribution in [0.3, 0.4) is 0 Å². The van der Waals surface area contributed by atoms with Gasteiger partial charge in [0.15, 0.2) is 0 Å². The van der Waals surface area contributed by atoms with Crippen LogP contribution >= 0.6 is 0 Å². The molecule has 0 aliphatic carbocycles. The third-order valence-corrected chi connectivity index (χ3v) is 2.77. The number of rotatable bonds is 4. The van der Waals surface area contributed by atoms with Crippen molar-refractivity contribution in [2.75, 3.05) is 6.54 Å². The lowest BCUT2D eigenvalue weighted by atomic mass is 10.2. The lowest BCUT2D eigenvalue weighted by molar-refractivity contribution is 0.498. The van der Waals surface area contributed by atoms with Crippen LogP contribution in [0, 0.1) is 0 Å². The van der Waals surface area contributed by atoms with Crippen molar-refractivity contribution < 1.29 is 8.83 Å². The van der Waals surface area contributed by atoms with Crippen molar-refractivity contribution in [2.24, 2.45) is 5.73 Å². The average Bonchev–Trinajstić information content (AvgIpc) is 3.02. The summed E-state index contributed by atoms with van der Waals surface area (Å²) in [6.45, 7) is 0.617. The first-order valence-corrected chi connectivity index (χ1v) is 5.87. The first-order chi connectivity index (χ1) is 8.88. The van der Waals surface area contributed by atoms with Gasteiger partial charge in [-0.15, -0.1) is 10.2 Å². The maximum absolute atomic E-state index is 5.60. The molecular weight excluding hydrogens is 230 g/mol. The van der Waals surface area contributed by atoms with Gasteiger partial charge in [0.05, 0.1) is 5.56 Å². The molecule has 0 saturated heterocycles. The zero-order valence-electron chi connectivity index (χ0n) is 9.80. The Morgan fingerprint density at radius 2 is 2.06 bits per heavy atom. The summed E-state index contributed by atoms with van der Waals surface area (Å²) < 4.78 is 11.0. The monoisotopic (exact) mass is 243 g/mol. The molecule has 2 N–H and O–H groups in total. The van der Waals surface area contributed by atoms with Gasteiger partial charge in [-0.25, -0.2) is 0 Å². The zero-order chi connectivity index (χ0) is 12.4. The van der Waals surface area contributed by atoms with E-state index in [1.807, 2.05) is 24.3 Å². The second-order valence-corrected chi connectivity index (χ2v) is 4.04. The van der Waals surface area contributed by atoms with Crippen molar-refractivity contribution in [3.8, 4) is 11.5 Å². The SMILES string of the molecule is NCCCc1nnc(-c2coc3ccccc23)o1. The van der Waals surface area contributed by atoms with E-state index in [2.05, 4.69) is 10.2 Å². The number of furan rings is 1. The van der Waals surface area contributed by atoms with Crippen molar-refractivity contribution in [1.82, 2.24) is 10.2 Å². The fourth-order valence-electron chi connectivity index (χ4n) is 1.86. The van der Waals surface area contributed by atoms with Gasteiger partial charge in [-0.3, -0.25) is 0 Å². The summed E-state index contributed by atoms with van der Waals surface area (Å²) >= 11 is 0. The van der Waals surface area contributed by atoms with Crippen LogP contribution in [0.25, 0.3) is 22.4 Å². The lowest BCUT2D eigenvalue weighted by Crippen LogP contribution is -2.00. The predicted molar refractivity (Wildman–Crippen MR) is 66.9 cm³/mol. The number of aryl methyl sites for hydroxylation is 1. The van der Waals surface area contributed by atoms with E-state index < -0.39 is 0 Å². The van der Waals surface area contributed by atoms with Crippen LogP contribution in [0.15, 0.2) is 39.4 Å². The summed E-state index contributed by atoms with van der Waals surface area (Å²) in [4.78, 5) is 0. The largest absolute Gasteiger partial charge is 0.463 e. The molecule has 0 aliphatic rings. The minimum absolute atomic E-state index is 0.493. The maximum Gasteiger partial charge on any atom is 0.251 e. The van der Waals surface area contributed by atoms with E-state index in [0.29, 0.717) is 24.7 Å².